The van der Waals surface area contributed by atoms with Gasteiger partial charge in [-0.3, -0.25) is 28.8 Å². The summed E-state index contributed by atoms with van der Waals surface area (Å²) in [4.78, 5) is 85.3. The molecule has 244 valence electrons. The molecule has 0 aliphatic carbocycles. The lowest BCUT2D eigenvalue weighted by Crippen LogP contribution is -2.62. The molecule has 0 saturated carbocycles. The van der Waals surface area contributed by atoms with Crippen molar-refractivity contribution in [3.05, 3.63) is 0 Å². The van der Waals surface area contributed by atoms with Crippen molar-refractivity contribution in [1.82, 2.24) is 25.3 Å². The van der Waals surface area contributed by atoms with Crippen LogP contribution >= 0.6 is 0 Å². The summed E-state index contributed by atoms with van der Waals surface area (Å²) in [5.41, 5.74) is 0. The predicted molar refractivity (Wildman–Crippen MR) is 161 cm³/mol. The summed E-state index contributed by atoms with van der Waals surface area (Å²) in [6, 6.07) is -3.54. The zero-order valence-corrected chi connectivity index (χ0v) is 27.5. The van der Waals surface area contributed by atoms with Gasteiger partial charge in [0.2, 0.25) is 23.6 Å². The van der Waals surface area contributed by atoms with E-state index in [0.29, 0.717) is 32.2 Å². The van der Waals surface area contributed by atoms with Crippen LogP contribution in [-0.4, -0.2) is 108 Å². The molecule has 2 N–H and O–H groups in total. The number of nitrogens with one attached hydrogen (secondary N) is 2. The fourth-order valence-electron chi connectivity index (χ4n) is 5.65. The van der Waals surface area contributed by atoms with Crippen molar-refractivity contribution in [3.8, 4) is 0 Å². The molecule has 2 saturated heterocycles. The molecule has 2 aliphatic rings. The van der Waals surface area contributed by atoms with Gasteiger partial charge in [0.15, 0.2) is 6.10 Å². The SMILES string of the molecule is CCC(C)[C@H]1OC(=O)CCNC(=O)[C@H](C)N(C)C(=O)[C@H](C(C)C)N(C)C(=O)[C@H]([C@@H](C)CC)NC(=O)[C@@H]2CCCCN2C1=O. The van der Waals surface area contributed by atoms with E-state index in [1.165, 1.54) is 21.7 Å². The maximum Gasteiger partial charge on any atom is 0.308 e. The van der Waals surface area contributed by atoms with Gasteiger partial charge in [0.25, 0.3) is 5.91 Å². The third-order valence-corrected chi connectivity index (χ3v) is 9.11. The van der Waals surface area contributed by atoms with E-state index in [4.69, 9.17) is 4.74 Å². The average molecular weight is 608 g/mol. The number of fused-ring (bicyclic) bond motifs is 1. The number of cyclic esters (lactones) is 1. The van der Waals surface area contributed by atoms with Gasteiger partial charge in [0.1, 0.15) is 24.2 Å². The van der Waals surface area contributed by atoms with Crippen molar-refractivity contribution in [2.75, 3.05) is 27.2 Å². The Morgan fingerprint density at radius 1 is 0.837 bits per heavy atom. The third kappa shape index (κ3) is 8.69. The topological polar surface area (TPSA) is 145 Å². The van der Waals surface area contributed by atoms with E-state index in [9.17, 15) is 28.8 Å². The first-order valence-electron chi connectivity index (χ1n) is 15.8. The fraction of sp³-hybridized carbons (Fsp3) is 0.806. The lowest BCUT2D eigenvalue weighted by Gasteiger charge is -2.40. The number of piperidine rings is 1. The van der Waals surface area contributed by atoms with Crippen LogP contribution in [0.25, 0.3) is 0 Å². The summed E-state index contributed by atoms with van der Waals surface area (Å²) in [6.45, 7) is 13.0. The molecular formula is C31H53N5O7. The monoisotopic (exact) mass is 607 g/mol. The van der Waals surface area contributed by atoms with Gasteiger partial charge in [-0.1, -0.05) is 48.0 Å². The summed E-state index contributed by atoms with van der Waals surface area (Å²) in [6.07, 6.45) is 1.74. The van der Waals surface area contributed by atoms with Gasteiger partial charge in [-0.15, -0.1) is 0 Å². The van der Waals surface area contributed by atoms with Gasteiger partial charge >= 0.3 is 5.97 Å². The Labute approximate surface area is 256 Å². The number of nitrogens with zero attached hydrogens (tertiary/aromatic N) is 3. The molecule has 0 bridgehead atoms. The van der Waals surface area contributed by atoms with Crippen LogP contribution in [0.15, 0.2) is 0 Å². The highest BCUT2D eigenvalue weighted by molar-refractivity contribution is 5.96. The molecule has 43 heavy (non-hydrogen) atoms. The second kappa shape index (κ2) is 16.0. The highest BCUT2D eigenvalue weighted by Crippen LogP contribution is 2.24. The summed E-state index contributed by atoms with van der Waals surface area (Å²) >= 11 is 0. The highest BCUT2D eigenvalue weighted by Gasteiger charge is 2.42. The number of carbonyl (C=O) groups excluding carboxylic acids is 6. The Hall–Kier alpha value is -3.18. The first-order valence-corrected chi connectivity index (χ1v) is 15.8. The molecular weight excluding hydrogens is 554 g/mol. The summed E-state index contributed by atoms with van der Waals surface area (Å²) in [7, 11) is 3.05. The number of likely N-dealkylation sites (N-methyl/N-ethyl adjacent to an activating group) is 2. The van der Waals surface area contributed by atoms with Crippen LogP contribution in [-0.2, 0) is 33.5 Å². The van der Waals surface area contributed by atoms with E-state index >= 15 is 0 Å². The number of amides is 5. The van der Waals surface area contributed by atoms with Crippen LogP contribution in [0, 0.1) is 17.8 Å². The molecule has 5 amide bonds. The van der Waals surface area contributed by atoms with Crippen molar-refractivity contribution in [1.29, 1.82) is 0 Å². The number of ether oxygens (including phenoxy) is 1. The Morgan fingerprint density at radius 3 is 2.05 bits per heavy atom. The second-order valence-corrected chi connectivity index (χ2v) is 12.5. The maximum atomic E-state index is 14.0. The Bertz CT molecular complexity index is 1030. The van der Waals surface area contributed by atoms with E-state index in [1.54, 1.807) is 14.0 Å². The maximum absolute atomic E-state index is 14.0. The van der Waals surface area contributed by atoms with Gasteiger partial charge in [-0.2, -0.15) is 0 Å². The molecule has 12 nitrogen and oxygen atoms in total. The second-order valence-electron chi connectivity index (χ2n) is 12.5. The van der Waals surface area contributed by atoms with E-state index in [1.807, 2.05) is 41.5 Å². The summed E-state index contributed by atoms with van der Waals surface area (Å²) < 4.78 is 5.68. The first kappa shape index (κ1) is 36.0. The van der Waals surface area contributed by atoms with E-state index in [2.05, 4.69) is 10.6 Å². The normalized spacial score (nSPS) is 29.2. The lowest BCUT2D eigenvalue weighted by atomic mass is 9.93. The molecule has 2 aliphatic heterocycles. The fourth-order valence-corrected chi connectivity index (χ4v) is 5.65. The molecule has 1 unspecified atom stereocenters. The molecule has 2 heterocycles. The Kier molecular flexibility index (Phi) is 13.4. The van der Waals surface area contributed by atoms with Gasteiger partial charge in [-0.25, -0.2) is 0 Å². The van der Waals surface area contributed by atoms with Crippen molar-refractivity contribution < 1.29 is 33.5 Å². The Balaban J connectivity index is 2.58. The molecule has 0 radical (unpaired) electrons. The van der Waals surface area contributed by atoms with E-state index < -0.39 is 65.8 Å². The number of hydrogen-bond donors (Lipinski definition) is 2. The number of esters is 1. The molecule has 12 heteroatoms. The van der Waals surface area contributed by atoms with Crippen LogP contribution in [0.5, 0.6) is 0 Å². The van der Waals surface area contributed by atoms with Crippen LogP contribution < -0.4 is 10.6 Å². The smallest absolute Gasteiger partial charge is 0.308 e. The van der Waals surface area contributed by atoms with Crippen LogP contribution in [0.1, 0.15) is 87.0 Å². The van der Waals surface area contributed by atoms with Crippen molar-refractivity contribution in [3.63, 3.8) is 0 Å². The van der Waals surface area contributed by atoms with E-state index in [-0.39, 0.29) is 30.7 Å². The van der Waals surface area contributed by atoms with Crippen molar-refractivity contribution in [2.45, 2.75) is 117 Å². The number of hydrogen-bond acceptors (Lipinski definition) is 7. The third-order valence-electron chi connectivity index (χ3n) is 9.11. The molecule has 7 atom stereocenters. The molecule has 0 aromatic heterocycles. The van der Waals surface area contributed by atoms with Crippen LogP contribution in [0.2, 0.25) is 0 Å². The molecule has 2 fully saturated rings. The molecule has 0 aromatic carbocycles. The molecule has 0 aromatic rings. The zero-order valence-electron chi connectivity index (χ0n) is 27.5. The first-order chi connectivity index (χ1) is 20.2. The van der Waals surface area contributed by atoms with Gasteiger partial charge in [0.05, 0.1) is 6.42 Å². The van der Waals surface area contributed by atoms with Gasteiger partial charge < -0.3 is 30.1 Å². The summed E-state index contributed by atoms with van der Waals surface area (Å²) in [5, 5.41) is 5.61. The van der Waals surface area contributed by atoms with Crippen LogP contribution in [0.4, 0.5) is 0 Å². The molecule has 2 rings (SSSR count). The highest BCUT2D eigenvalue weighted by atomic mass is 16.5. The van der Waals surface area contributed by atoms with Crippen molar-refractivity contribution in [2.24, 2.45) is 17.8 Å². The number of carbonyl (C=O) groups is 6. The molecule has 0 spiro atoms. The van der Waals surface area contributed by atoms with Gasteiger partial charge in [0, 0.05) is 33.1 Å². The van der Waals surface area contributed by atoms with E-state index in [0.717, 1.165) is 6.42 Å². The largest absolute Gasteiger partial charge is 0.452 e. The summed E-state index contributed by atoms with van der Waals surface area (Å²) in [5.74, 6) is -3.68. The predicted octanol–water partition coefficient (Wildman–Crippen LogP) is 1.71. The zero-order chi connectivity index (χ0) is 32.6. The lowest BCUT2D eigenvalue weighted by molar-refractivity contribution is -0.166. The standard InChI is InChI=1S/C31H53N5O7/c1-10-19(5)24-29(40)35(9)25(18(3)4)30(41)34(8)21(7)27(38)32-16-15-23(37)43-26(20(6)11-2)31(42)36-17-13-12-14-22(36)28(39)33-24/h18-22,24-26H,10-17H2,1-9H3,(H,32,38)(H,33,39)/t19-,20?,21-,22-,24-,25-,26+/m0/s1. The van der Waals surface area contributed by atoms with Crippen molar-refractivity contribution >= 4 is 35.5 Å². The quantitative estimate of drug-likeness (QED) is 0.453. The van der Waals surface area contributed by atoms with Crippen LogP contribution in [0.3, 0.4) is 0 Å². The average Bonchev–Trinajstić information content (AvgIpc) is 2.99. The minimum atomic E-state index is -1.09. The minimum absolute atomic E-state index is 0.0389. The minimum Gasteiger partial charge on any atom is -0.452 e. The van der Waals surface area contributed by atoms with Gasteiger partial charge in [-0.05, 0) is 44.4 Å². The number of rotatable bonds is 5. The Morgan fingerprint density at radius 2 is 1.47 bits per heavy atom.